The molecule has 0 aliphatic rings. The van der Waals surface area contributed by atoms with Crippen molar-refractivity contribution < 1.29 is 13.9 Å². The van der Waals surface area contributed by atoms with E-state index < -0.39 is 11.9 Å². The molecule has 2 aromatic heterocycles. The molecule has 0 aliphatic carbocycles. The summed E-state index contributed by atoms with van der Waals surface area (Å²) < 4.78 is 20.3. The van der Waals surface area contributed by atoms with Crippen LogP contribution < -0.4 is 0 Å². The Labute approximate surface area is 106 Å². The van der Waals surface area contributed by atoms with Crippen LogP contribution in [0.4, 0.5) is 4.39 Å². The van der Waals surface area contributed by atoms with E-state index in [4.69, 9.17) is 4.74 Å². The fourth-order valence-electron chi connectivity index (χ4n) is 1.62. The molecule has 0 aromatic carbocycles. The van der Waals surface area contributed by atoms with E-state index in [-0.39, 0.29) is 16.8 Å². The summed E-state index contributed by atoms with van der Waals surface area (Å²) in [6.07, 6.45) is 0. The molecule has 90 valence electrons. The van der Waals surface area contributed by atoms with Gasteiger partial charge in [-0.1, -0.05) is 0 Å². The number of aryl methyl sites for hydroxylation is 1. The minimum absolute atomic E-state index is 0.126. The second-order valence-corrected chi connectivity index (χ2v) is 4.29. The average Bonchev–Trinajstić information content (AvgIpc) is 2.61. The Morgan fingerprint density at radius 2 is 2.29 bits per heavy atom. The van der Waals surface area contributed by atoms with Crippen LogP contribution >= 0.6 is 15.9 Å². The van der Waals surface area contributed by atoms with Crippen molar-refractivity contribution in [3.63, 3.8) is 0 Å². The van der Waals surface area contributed by atoms with Gasteiger partial charge in [-0.2, -0.15) is 4.39 Å². The molecule has 0 atom stereocenters. The topological polar surface area (TPSA) is 43.6 Å². The molecule has 2 heterocycles. The van der Waals surface area contributed by atoms with Crippen LogP contribution in [0.3, 0.4) is 0 Å². The van der Waals surface area contributed by atoms with Crippen LogP contribution in [-0.4, -0.2) is 22.0 Å². The zero-order valence-electron chi connectivity index (χ0n) is 9.33. The predicted molar refractivity (Wildman–Crippen MR) is 63.5 cm³/mol. The number of hydrogen-bond acceptors (Lipinski definition) is 3. The maximum Gasteiger partial charge on any atom is 0.357 e. The number of nitrogens with zero attached hydrogens (tertiary/aromatic N) is 2. The minimum atomic E-state index is -0.575. The van der Waals surface area contributed by atoms with Crippen LogP contribution in [-0.2, 0) is 4.74 Å². The molecule has 17 heavy (non-hydrogen) atoms. The van der Waals surface area contributed by atoms with Crippen LogP contribution in [0.2, 0.25) is 0 Å². The van der Waals surface area contributed by atoms with Crippen molar-refractivity contribution >= 4 is 27.5 Å². The lowest BCUT2D eigenvalue weighted by Crippen LogP contribution is -2.11. The van der Waals surface area contributed by atoms with Crippen LogP contribution in [0.5, 0.6) is 0 Å². The number of ether oxygens (including phenoxy) is 1. The molecule has 0 bridgehead atoms. The standard InChI is InChI=1S/C11H10BrFN2O2/c1-3-17-11(16)9-6(2)14-8-5-4-7(12)10(13)15(8)9/h4-5H,3H2,1-2H3. The Kier molecular flexibility index (Phi) is 3.15. The number of aromatic nitrogens is 2. The molecule has 0 saturated carbocycles. The molecule has 4 nitrogen and oxygen atoms in total. The fourth-order valence-corrected chi connectivity index (χ4v) is 1.93. The minimum Gasteiger partial charge on any atom is -0.461 e. The third-order valence-electron chi connectivity index (χ3n) is 2.32. The number of rotatable bonds is 2. The fraction of sp³-hybridized carbons (Fsp3) is 0.273. The lowest BCUT2D eigenvalue weighted by Gasteiger charge is -2.04. The second-order valence-electron chi connectivity index (χ2n) is 3.43. The first kappa shape index (κ1) is 12.0. The number of hydrogen-bond donors (Lipinski definition) is 0. The van der Waals surface area contributed by atoms with E-state index in [1.807, 2.05) is 0 Å². The van der Waals surface area contributed by atoms with Gasteiger partial charge in [0.25, 0.3) is 0 Å². The summed E-state index contributed by atoms with van der Waals surface area (Å²) in [7, 11) is 0. The number of halogens is 2. The van der Waals surface area contributed by atoms with Gasteiger partial charge >= 0.3 is 5.97 Å². The molecule has 0 N–H and O–H groups in total. The average molecular weight is 301 g/mol. The smallest absolute Gasteiger partial charge is 0.357 e. The Hall–Kier alpha value is -1.43. The lowest BCUT2D eigenvalue weighted by atomic mass is 10.3. The molecule has 0 spiro atoms. The highest BCUT2D eigenvalue weighted by Crippen LogP contribution is 2.21. The van der Waals surface area contributed by atoms with Gasteiger partial charge < -0.3 is 4.74 Å². The largest absolute Gasteiger partial charge is 0.461 e. The van der Waals surface area contributed by atoms with Gasteiger partial charge in [0.2, 0.25) is 5.95 Å². The highest BCUT2D eigenvalue weighted by atomic mass is 79.9. The summed E-state index contributed by atoms with van der Waals surface area (Å²) in [6.45, 7) is 3.58. The first-order valence-corrected chi connectivity index (χ1v) is 5.85. The molecule has 0 aliphatic heterocycles. The first-order chi connectivity index (χ1) is 8.06. The Morgan fingerprint density at radius 1 is 1.59 bits per heavy atom. The summed E-state index contributed by atoms with van der Waals surface area (Å²) in [6, 6.07) is 3.18. The monoisotopic (exact) mass is 300 g/mol. The van der Waals surface area contributed by atoms with Gasteiger partial charge in [-0.25, -0.2) is 9.78 Å². The van der Waals surface area contributed by atoms with Crippen molar-refractivity contribution in [3.05, 3.63) is 33.9 Å². The Balaban J connectivity index is 2.73. The van der Waals surface area contributed by atoms with Gasteiger partial charge in [-0.15, -0.1) is 0 Å². The summed E-state index contributed by atoms with van der Waals surface area (Å²) in [5.41, 5.74) is 0.951. The third kappa shape index (κ3) is 1.93. The molecule has 2 aromatic rings. The van der Waals surface area contributed by atoms with E-state index in [9.17, 15) is 9.18 Å². The summed E-state index contributed by atoms with van der Waals surface area (Å²) in [5, 5.41) is 0. The van der Waals surface area contributed by atoms with Crippen LogP contribution in [0.1, 0.15) is 23.1 Å². The number of imidazole rings is 1. The zero-order chi connectivity index (χ0) is 12.6. The zero-order valence-corrected chi connectivity index (χ0v) is 10.9. The van der Waals surface area contributed by atoms with Crippen LogP contribution in [0, 0.1) is 12.9 Å². The molecule has 0 radical (unpaired) electrons. The van der Waals surface area contributed by atoms with Crippen molar-refractivity contribution in [1.82, 2.24) is 9.38 Å². The van der Waals surface area contributed by atoms with E-state index in [1.165, 1.54) is 0 Å². The van der Waals surface area contributed by atoms with Gasteiger partial charge in [-0.3, -0.25) is 4.40 Å². The molecule has 0 unspecified atom stereocenters. The summed E-state index contributed by atoms with van der Waals surface area (Å²) in [4.78, 5) is 15.9. The van der Waals surface area contributed by atoms with Gasteiger partial charge in [-0.05, 0) is 41.9 Å². The predicted octanol–water partition coefficient (Wildman–Crippen LogP) is 2.72. The van der Waals surface area contributed by atoms with E-state index in [0.717, 1.165) is 4.40 Å². The second kappa shape index (κ2) is 4.44. The van der Waals surface area contributed by atoms with Gasteiger partial charge in [0.1, 0.15) is 5.65 Å². The molecule has 0 saturated heterocycles. The van der Waals surface area contributed by atoms with Crippen LogP contribution in [0.25, 0.3) is 5.65 Å². The molecular weight excluding hydrogens is 291 g/mol. The number of pyridine rings is 1. The number of carbonyl (C=O) groups excluding carboxylic acids is 1. The highest BCUT2D eigenvalue weighted by Gasteiger charge is 2.20. The van der Waals surface area contributed by atoms with Crippen LogP contribution in [0.15, 0.2) is 16.6 Å². The van der Waals surface area contributed by atoms with Crippen molar-refractivity contribution in [2.75, 3.05) is 6.61 Å². The third-order valence-corrected chi connectivity index (χ3v) is 2.91. The number of esters is 1. The highest BCUT2D eigenvalue weighted by molar-refractivity contribution is 9.10. The van der Waals surface area contributed by atoms with E-state index in [1.54, 1.807) is 26.0 Å². The maximum atomic E-state index is 13.9. The van der Waals surface area contributed by atoms with Gasteiger partial charge in [0, 0.05) is 0 Å². The Bertz CT molecular complexity index is 595. The van der Waals surface area contributed by atoms with Gasteiger partial charge in [0.15, 0.2) is 5.69 Å². The number of carbonyl (C=O) groups is 1. The molecule has 6 heteroatoms. The SMILES string of the molecule is CCOC(=O)c1c(C)nc2ccc(Br)c(F)n12. The molecule has 0 amide bonds. The van der Waals surface area contributed by atoms with E-state index in [0.29, 0.717) is 11.3 Å². The van der Waals surface area contributed by atoms with Crippen molar-refractivity contribution in [2.45, 2.75) is 13.8 Å². The maximum absolute atomic E-state index is 13.9. The molecule has 0 fully saturated rings. The van der Waals surface area contributed by atoms with Gasteiger partial charge in [0.05, 0.1) is 16.8 Å². The number of fused-ring (bicyclic) bond motifs is 1. The van der Waals surface area contributed by atoms with E-state index >= 15 is 0 Å². The summed E-state index contributed by atoms with van der Waals surface area (Å²) >= 11 is 3.07. The van der Waals surface area contributed by atoms with Crippen molar-refractivity contribution in [1.29, 1.82) is 0 Å². The molecular formula is C11H10BrFN2O2. The van der Waals surface area contributed by atoms with Crippen molar-refractivity contribution in [3.8, 4) is 0 Å². The summed E-state index contributed by atoms with van der Waals surface area (Å²) in [5.74, 6) is -1.14. The molecule has 2 rings (SSSR count). The van der Waals surface area contributed by atoms with E-state index in [2.05, 4.69) is 20.9 Å². The van der Waals surface area contributed by atoms with Crippen molar-refractivity contribution in [2.24, 2.45) is 0 Å². The quantitative estimate of drug-likeness (QED) is 0.633. The first-order valence-electron chi connectivity index (χ1n) is 5.06. The lowest BCUT2D eigenvalue weighted by molar-refractivity contribution is 0.0515. The normalized spacial score (nSPS) is 10.8. The Morgan fingerprint density at radius 3 is 2.94 bits per heavy atom.